The highest BCUT2D eigenvalue weighted by Crippen LogP contribution is 2.17. The van der Waals surface area contributed by atoms with Gasteiger partial charge >= 0.3 is 0 Å². The van der Waals surface area contributed by atoms with Gasteiger partial charge in [0.1, 0.15) is 11.7 Å². The van der Waals surface area contributed by atoms with Gasteiger partial charge in [-0.1, -0.05) is 63.2 Å². The number of amidine groups is 1. The molecular formula is C30H43FN2O. The summed E-state index contributed by atoms with van der Waals surface area (Å²) >= 11 is 0. The summed E-state index contributed by atoms with van der Waals surface area (Å²) in [6.07, 6.45) is 7.16. The van der Waals surface area contributed by atoms with Crippen LogP contribution < -0.4 is 0 Å². The van der Waals surface area contributed by atoms with Crippen LogP contribution in [0.25, 0.3) is 0 Å². The van der Waals surface area contributed by atoms with Crippen LogP contribution in [0.4, 0.5) is 4.39 Å². The Kier molecular flexibility index (Phi) is 13.8. The first-order valence-electron chi connectivity index (χ1n) is 12.5. The van der Waals surface area contributed by atoms with Gasteiger partial charge in [-0.3, -0.25) is 4.79 Å². The molecule has 0 spiro atoms. The molecule has 1 aliphatic rings. The number of piperidine rings is 1. The fourth-order valence-corrected chi connectivity index (χ4v) is 3.79. The highest BCUT2D eigenvalue weighted by molar-refractivity contribution is 5.93. The van der Waals surface area contributed by atoms with Gasteiger partial charge in [-0.05, 0) is 82.6 Å². The molecular weight excluding hydrogens is 423 g/mol. The average molecular weight is 467 g/mol. The Morgan fingerprint density at radius 2 is 1.71 bits per heavy atom. The molecule has 0 atom stereocenters. The second-order valence-electron chi connectivity index (χ2n) is 8.92. The first-order valence-corrected chi connectivity index (χ1v) is 12.5. The number of aryl methyl sites for hydroxylation is 1. The quantitative estimate of drug-likeness (QED) is 0.258. The van der Waals surface area contributed by atoms with Gasteiger partial charge in [-0.15, -0.1) is 0 Å². The van der Waals surface area contributed by atoms with Crippen LogP contribution in [0.5, 0.6) is 0 Å². The molecule has 3 rings (SSSR count). The SMILES string of the molecule is C/C=C(/CC)N=C(C)N1CCCCC1.CC(=O)c1cccc(F)c1.Cc1ccccc1C(C)C. The Balaban J connectivity index is 0.000000261. The van der Waals surface area contributed by atoms with Gasteiger partial charge in [0.2, 0.25) is 0 Å². The Hall–Kier alpha value is -2.75. The third-order valence-electron chi connectivity index (χ3n) is 5.86. The summed E-state index contributed by atoms with van der Waals surface area (Å²) in [5, 5.41) is 0. The molecule has 1 heterocycles. The topological polar surface area (TPSA) is 32.7 Å². The summed E-state index contributed by atoms with van der Waals surface area (Å²) in [4.78, 5) is 17.7. The van der Waals surface area contributed by atoms with E-state index in [0.717, 1.165) is 6.42 Å². The van der Waals surface area contributed by atoms with E-state index < -0.39 is 0 Å². The van der Waals surface area contributed by atoms with Crippen LogP contribution in [0.3, 0.4) is 0 Å². The van der Waals surface area contributed by atoms with E-state index >= 15 is 0 Å². The van der Waals surface area contributed by atoms with Crippen LogP contribution in [-0.2, 0) is 0 Å². The van der Waals surface area contributed by atoms with Crippen molar-refractivity contribution in [2.45, 2.75) is 80.1 Å². The number of benzene rings is 2. The lowest BCUT2D eigenvalue weighted by Crippen LogP contribution is -2.34. The zero-order valence-corrected chi connectivity index (χ0v) is 22.2. The summed E-state index contributed by atoms with van der Waals surface area (Å²) < 4.78 is 12.4. The molecule has 0 radical (unpaired) electrons. The van der Waals surface area contributed by atoms with E-state index in [4.69, 9.17) is 0 Å². The second kappa shape index (κ2) is 16.0. The van der Waals surface area contributed by atoms with Crippen LogP contribution in [-0.4, -0.2) is 29.6 Å². The molecule has 4 heteroatoms. The Labute approximate surface area is 206 Å². The lowest BCUT2D eigenvalue weighted by atomic mass is 9.99. The molecule has 0 bridgehead atoms. The zero-order valence-electron chi connectivity index (χ0n) is 22.2. The number of allylic oxidation sites excluding steroid dienone is 2. The lowest BCUT2D eigenvalue weighted by Gasteiger charge is -2.28. The van der Waals surface area contributed by atoms with Crippen LogP contribution in [0, 0.1) is 12.7 Å². The molecule has 0 saturated carbocycles. The summed E-state index contributed by atoms with van der Waals surface area (Å²) in [5.74, 6) is 1.37. The molecule has 34 heavy (non-hydrogen) atoms. The number of rotatable bonds is 4. The molecule has 0 amide bonds. The molecule has 0 aromatic heterocycles. The first kappa shape index (κ1) is 29.3. The number of hydrogen-bond donors (Lipinski definition) is 0. The molecule has 2 aromatic carbocycles. The van der Waals surface area contributed by atoms with Crippen LogP contribution in [0.15, 0.2) is 65.3 Å². The number of Topliss-reactive ketones (excluding diaryl/α,β-unsaturated/α-hetero) is 1. The molecule has 1 saturated heterocycles. The van der Waals surface area contributed by atoms with Gasteiger partial charge in [0.15, 0.2) is 5.78 Å². The number of hydrogen-bond acceptors (Lipinski definition) is 2. The minimum absolute atomic E-state index is 0.112. The molecule has 186 valence electrons. The predicted molar refractivity (Wildman–Crippen MR) is 144 cm³/mol. The van der Waals surface area contributed by atoms with Crippen molar-refractivity contribution in [1.82, 2.24) is 4.90 Å². The third-order valence-corrected chi connectivity index (χ3v) is 5.86. The van der Waals surface area contributed by atoms with E-state index in [1.165, 1.54) is 80.1 Å². The molecule has 2 aromatic rings. The van der Waals surface area contributed by atoms with Crippen LogP contribution in [0.2, 0.25) is 0 Å². The van der Waals surface area contributed by atoms with Crippen molar-refractivity contribution in [3.63, 3.8) is 0 Å². The van der Waals surface area contributed by atoms with Gasteiger partial charge < -0.3 is 4.90 Å². The maximum absolute atomic E-state index is 12.4. The minimum atomic E-state index is -0.368. The number of ketones is 1. The van der Waals surface area contributed by atoms with Crippen molar-refractivity contribution in [3.8, 4) is 0 Å². The van der Waals surface area contributed by atoms with Gasteiger partial charge in [0, 0.05) is 24.4 Å². The zero-order chi connectivity index (χ0) is 25.5. The minimum Gasteiger partial charge on any atom is -0.360 e. The van der Waals surface area contributed by atoms with Crippen molar-refractivity contribution in [2.75, 3.05) is 13.1 Å². The molecule has 3 nitrogen and oxygen atoms in total. The average Bonchev–Trinajstić information content (AvgIpc) is 2.84. The Bertz CT molecular complexity index is 940. The molecule has 0 aliphatic carbocycles. The van der Waals surface area contributed by atoms with Gasteiger partial charge in [0.05, 0.1) is 0 Å². The van der Waals surface area contributed by atoms with Gasteiger partial charge in [0.25, 0.3) is 0 Å². The summed E-state index contributed by atoms with van der Waals surface area (Å²) in [6.45, 7) is 16.7. The maximum Gasteiger partial charge on any atom is 0.159 e. The molecule has 0 N–H and O–H groups in total. The largest absolute Gasteiger partial charge is 0.360 e. The monoisotopic (exact) mass is 466 g/mol. The lowest BCUT2D eigenvalue weighted by molar-refractivity contribution is 0.101. The fraction of sp³-hybridized carbons (Fsp3) is 0.467. The standard InChI is InChI=1S/C12H22N2.C10H14.C8H7FO/c1-4-12(5-2)13-11(3)14-9-7-6-8-10-14;1-8(2)10-7-5-4-6-9(10)3;1-6(10)7-3-2-4-8(9)5-7/h4H,5-10H2,1-3H3;4-8H,1-3H3;2-5H,1H3/b12-4-,13-11?;;. The van der Waals surface area contributed by atoms with Gasteiger partial charge in [-0.2, -0.15) is 0 Å². The number of aliphatic imine (C=N–C) groups is 1. The molecule has 1 fully saturated rings. The van der Waals surface area contributed by atoms with Crippen molar-refractivity contribution < 1.29 is 9.18 Å². The van der Waals surface area contributed by atoms with E-state index in [9.17, 15) is 9.18 Å². The number of carbonyl (C=O) groups is 1. The number of nitrogens with zero attached hydrogens (tertiary/aromatic N) is 2. The van der Waals surface area contributed by atoms with Crippen molar-refractivity contribution in [1.29, 1.82) is 0 Å². The van der Waals surface area contributed by atoms with Crippen LogP contribution >= 0.6 is 0 Å². The normalized spacial score (nSPS) is 14.1. The third kappa shape index (κ3) is 10.9. The second-order valence-corrected chi connectivity index (χ2v) is 8.92. The van der Waals surface area contributed by atoms with E-state index in [0.29, 0.717) is 11.5 Å². The number of carbonyl (C=O) groups excluding carboxylic acids is 1. The highest BCUT2D eigenvalue weighted by atomic mass is 19.1. The fourth-order valence-electron chi connectivity index (χ4n) is 3.79. The van der Waals surface area contributed by atoms with Crippen LogP contribution in [0.1, 0.15) is 94.6 Å². The summed E-state index contributed by atoms with van der Waals surface area (Å²) in [6, 6.07) is 14.2. The van der Waals surface area contributed by atoms with Crippen molar-refractivity contribution in [2.24, 2.45) is 4.99 Å². The smallest absolute Gasteiger partial charge is 0.159 e. The highest BCUT2D eigenvalue weighted by Gasteiger charge is 2.10. The van der Waals surface area contributed by atoms with E-state index in [1.54, 1.807) is 6.07 Å². The van der Waals surface area contributed by atoms with Crippen molar-refractivity contribution in [3.05, 3.63) is 82.8 Å². The van der Waals surface area contributed by atoms with E-state index in [1.807, 2.05) is 0 Å². The Morgan fingerprint density at radius 3 is 2.15 bits per heavy atom. The Morgan fingerprint density at radius 1 is 1.06 bits per heavy atom. The first-order chi connectivity index (χ1) is 16.2. The van der Waals surface area contributed by atoms with Gasteiger partial charge in [-0.25, -0.2) is 9.38 Å². The number of halogens is 1. The van der Waals surface area contributed by atoms with Crippen molar-refractivity contribution >= 4 is 11.6 Å². The molecule has 1 aliphatic heterocycles. The maximum atomic E-state index is 12.4. The number of likely N-dealkylation sites (tertiary alicyclic amines) is 1. The van der Waals surface area contributed by atoms with E-state index in [2.05, 4.69) is 81.8 Å². The van der Waals surface area contributed by atoms with E-state index in [-0.39, 0.29) is 11.6 Å². The molecule has 0 unspecified atom stereocenters. The summed E-state index contributed by atoms with van der Waals surface area (Å²) in [5.41, 5.74) is 4.48. The predicted octanol–water partition coefficient (Wildman–Crippen LogP) is 8.35. The summed E-state index contributed by atoms with van der Waals surface area (Å²) in [7, 11) is 0.